The third-order valence-corrected chi connectivity index (χ3v) is 4.60. The second-order valence-corrected chi connectivity index (χ2v) is 7.87. The van der Waals surface area contributed by atoms with E-state index in [0.717, 1.165) is 12.1 Å². The highest BCUT2D eigenvalue weighted by Crippen LogP contribution is 2.43. The SMILES string of the molecule is CC(C)(C)C(=O)C1=C(O)C(=O)N(c2ccc(OC(F)(F)F)cc2)C1c1ccccc1. The first-order valence-corrected chi connectivity index (χ1v) is 9.12. The fraction of sp³-hybridized carbons (Fsp3) is 0.273. The largest absolute Gasteiger partial charge is 0.573 e. The van der Waals surface area contributed by atoms with E-state index in [9.17, 15) is 27.9 Å². The Kier molecular flexibility index (Phi) is 5.36. The van der Waals surface area contributed by atoms with Gasteiger partial charge in [0.1, 0.15) is 5.75 Å². The van der Waals surface area contributed by atoms with Gasteiger partial charge in [-0.2, -0.15) is 0 Å². The van der Waals surface area contributed by atoms with E-state index < -0.39 is 41.0 Å². The van der Waals surface area contributed by atoms with Crippen LogP contribution in [0.1, 0.15) is 32.4 Å². The highest BCUT2D eigenvalue weighted by Gasteiger charge is 2.46. The number of nitrogens with zero attached hydrogens (tertiary/aromatic N) is 1. The van der Waals surface area contributed by atoms with Crippen LogP contribution in [0.3, 0.4) is 0 Å². The highest BCUT2D eigenvalue weighted by atomic mass is 19.4. The van der Waals surface area contributed by atoms with Gasteiger partial charge in [0.25, 0.3) is 5.91 Å². The summed E-state index contributed by atoms with van der Waals surface area (Å²) in [4.78, 5) is 27.1. The fourth-order valence-corrected chi connectivity index (χ4v) is 3.27. The number of aliphatic hydroxyl groups is 1. The molecule has 1 heterocycles. The molecule has 1 amide bonds. The number of amides is 1. The summed E-state index contributed by atoms with van der Waals surface area (Å²) < 4.78 is 41.1. The zero-order valence-electron chi connectivity index (χ0n) is 16.5. The van der Waals surface area contributed by atoms with Crippen molar-refractivity contribution in [3.05, 3.63) is 71.5 Å². The van der Waals surface area contributed by atoms with Gasteiger partial charge in [-0.3, -0.25) is 14.5 Å². The van der Waals surface area contributed by atoms with Gasteiger partial charge < -0.3 is 9.84 Å². The van der Waals surface area contributed by atoms with Crippen molar-refractivity contribution >= 4 is 17.4 Å². The van der Waals surface area contributed by atoms with Gasteiger partial charge in [-0.15, -0.1) is 13.2 Å². The van der Waals surface area contributed by atoms with Crippen LogP contribution in [0.4, 0.5) is 18.9 Å². The molecule has 0 bridgehead atoms. The van der Waals surface area contributed by atoms with Crippen molar-refractivity contribution in [2.45, 2.75) is 33.2 Å². The standard InChI is InChI=1S/C22H20F3NO4/c1-21(2,3)19(28)16-17(13-7-5-4-6-8-13)26(20(29)18(16)27)14-9-11-15(12-10-14)30-22(23,24)25/h4-12,17,27H,1-3H3. The number of alkyl halides is 3. The second-order valence-electron chi connectivity index (χ2n) is 7.87. The number of halogens is 3. The number of ketones is 1. The molecule has 1 atom stereocenters. The van der Waals surface area contributed by atoms with E-state index >= 15 is 0 Å². The van der Waals surface area contributed by atoms with Gasteiger partial charge in [0.2, 0.25) is 0 Å². The number of rotatable bonds is 4. The lowest BCUT2D eigenvalue weighted by atomic mass is 9.82. The number of hydrogen-bond acceptors (Lipinski definition) is 4. The molecule has 1 N–H and O–H groups in total. The Morgan fingerprint density at radius 2 is 1.57 bits per heavy atom. The molecule has 2 aromatic carbocycles. The molecule has 0 aromatic heterocycles. The summed E-state index contributed by atoms with van der Waals surface area (Å²) in [5.41, 5.74) is -0.115. The van der Waals surface area contributed by atoms with Gasteiger partial charge in [0, 0.05) is 11.1 Å². The average molecular weight is 419 g/mol. The minimum absolute atomic E-state index is 0.0469. The summed E-state index contributed by atoms with van der Waals surface area (Å²) in [6.45, 7) is 5.02. The number of hydrogen-bond donors (Lipinski definition) is 1. The van der Waals surface area contributed by atoms with Crippen LogP contribution in [0.2, 0.25) is 0 Å². The molecule has 0 aliphatic carbocycles. The minimum atomic E-state index is -4.84. The van der Waals surface area contributed by atoms with Gasteiger partial charge >= 0.3 is 6.36 Å². The van der Waals surface area contributed by atoms with E-state index in [4.69, 9.17) is 0 Å². The van der Waals surface area contributed by atoms with Crippen LogP contribution >= 0.6 is 0 Å². The van der Waals surface area contributed by atoms with Crippen molar-refractivity contribution in [3.63, 3.8) is 0 Å². The van der Waals surface area contributed by atoms with E-state index in [1.807, 2.05) is 0 Å². The number of aliphatic hydroxyl groups excluding tert-OH is 1. The summed E-state index contributed by atoms with van der Waals surface area (Å²) in [6.07, 6.45) is -4.84. The molecule has 0 fully saturated rings. The van der Waals surface area contributed by atoms with E-state index in [1.54, 1.807) is 51.1 Å². The molecule has 30 heavy (non-hydrogen) atoms. The topological polar surface area (TPSA) is 66.8 Å². The van der Waals surface area contributed by atoms with Crippen LogP contribution in [0.25, 0.3) is 0 Å². The van der Waals surface area contributed by atoms with Crippen molar-refractivity contribution in [2.24, 2.45) is 5.41 Å². The predicted molar refractivity (Wildman–Crippen MR) is 104 cm³/mol. The molecule has 5 nitrogen and oxygen atoms in total. The number of ether oxygens (including phenoxy) is 1. The van der Waals surface area contributed by atoms with Crippen LogP contribution in [0.15, 0.2) is 65.9 Å². The minimum Gasteiger partial charge on any atom is -0.503 e. The Morgan fingerprint density at radius 1 is 1.00 bits per heavy atom. The molecule has 1 aliphatic heterocycles. The Balaban J connectivity index is 2.08. The van der Waals surface area contributed by atoms with Crippen molar-refractivity contribution in [1.29, 1.82) is 0 Å². The maximum Gasteiger partial charge on any atom is 0.573 e. The molecule has 1 unspecified atom stereocenters. The third-order valence-electron chi connectivity index (χ3n) is 4.60. The number of anilines is 1. The molecule has 8 heteroatoms. The first kappa shape index (κ1) is 21.4. The molecule has 0 radical (unpaired) electrons. The lowest BCUT2D eigenvalue weighted by Gasteiger charge is -2.29. The van der Waals surface area contributed by atoms with Gasteiger partial charge in [-0.1, -0.05) is 51.1 Å². The normalized spacial score (nSPS) is 17.5. The number of Topliss-reactive ketones (excluding diaryl/α,β-unsaturated/α-hetero) is 1. The smallest absolute Gasteiger partial charge is 0.503 e. The van der Waals surface area contributed by atoms with Crippen LogP contribution in [-0.4, -0.2) is 23.2 Å². The van der Waals surface area contributed by atoms with Crippen molar-refractivity contribution in [2.75, 3.05) is 4.90 Å². The zero-order valence-corrected chi connectivity index (χ0v) is 16.5. The van der Waals surface area contributed by atoms with Crippen molar-refractivity contribution in [1.82, 2.24) is 0 Å². The number of carbonyl (C=O) groups excluding carboxylic acids is 2. The van der Waals surface area contributed by atoms with Crippen LogP contribution in [0, 0.1) is 5.41 Å². The lowest BCUT2D eigenvalue weighted by molar-refractivity contribution is -0.274. The Labute approximate surface area is 171 Å². The molecule has 0 saturated carbocycles. The van der Waals surface area contributed by atoms with Gasteiger partial charge in [-0.25, -0.2) is 0 Å². The molecular formula is C22H20F3NO4. The monoisotopic (exact) mass is 419 g/mol. The lowest BCUT2D eigenvalue weighted by Crippen LogP contribution is -2.32. The molecule has 3 rings (SSSR count). The number of carbonyl (C=O) groups is 2. The maximum absolute atomic E-state index is 13.1. The molecule has 2 aromatic rings. The summed E-state index contributed by atoms with van der Waals surface area (Å²) >= 11 is 0. The van der Waals surface area contributed by atoms with E-state index in [-0.39, 0.29) is 11.3 Å². The quantitative estimate of drug-likeness (QED) is 0.749. The summed E-state index contributed by atoms with van der Waals surface area (Å²) in [6, 6.07) is 12.4. The van der Waals surface area contributed by atoms with E-state index in [1.165, 1.54) is 17.0 Å². The van der Waals surface area contributed by atoms with Crippen molar-refractivity contribution in [3.8, 4) is 5.75 Å². The van der Waals surface area contributed by atoms with Gasteiger partial charge in [0.05, 0.1) is 11.6 Å². The Bertz CT molecular complexity index is 990. The highest BCUT2D eigenvalue weighted by molar-refractivity contribution is 6.17. The Morgan fingerprint density at radius 3 is 2.07 bits per heavy atom. The average Bonchev–Trinajstić information content (AvgIpc) is 2.92. The first-order chi connectivity index (χ1) is 13.9. The number of benzene rings is 2. The summed E-state index contributed by atoms with van der Waals surface area (Å²) in [5, 5.41) is 10.6. The molecule has 1 aliphatic rings. The van der Waals surface area contributed by atoms with Crippen LogP contribution in [-0.2, 0) is 9.59 Å². The Hall–Kier alpha value is -3.29. The molecule has 158 valence electrons. The first-order valence-electron chi connectivity index (χ1n) is 9.12. The molecule has 0 saturated heterocycles. The van der Waals surface area contributed by atoms with Gasteiger partial charge in [-0.05, 0) is 29.8 Å². The van der Waals surface area contributed by atoms with E-state index in [0.29, 0.717) is 5.56 Å². The second kappa shape index (κ2) is 7.51. The summed E-state index contributed by atoms with van der Waals surface area (Å²) in [7, 11) is 0. The van der Waals surface area contributed by atoms with Gasteiger partial charge in [0.15, 0.2) is 11.5 Å². The van der Waals surface area contributed by atoms with E-state index in [2.05, 4.69) is 4.74 Å². The van der Waals surface area contributed by atoms with Crippen LogP contribution < -0.4 is 9.64 Å². The molecule has 0 spiro atoms. The third kappa shape index (κ3) is 4.17. The zero-order chi connectivity index (χ0) is 22.3. The molecular weight excluding hydrogens is 399 g/mol. The summed E-state index contributed by atoms with van der Waals surface area (Å²) in [5.74, 6) is -2.32. The maximum atomic E-state index is 13.1. The predicted octanol–water partition coefficient (Wildman–Crippen LogP) is 5.10. The van der Waals surface area contributed by atoms with Crippen LogP contribution in [0.5, 0.6) is 5.75 Å². The van der Waals surface area contributed by atoms with Crippen molar-refractivity contribution < 1.29 is 32.6 Å². The fourth-order valence-electron chi connectivity index (χ4n) is 3.27.